The third-order valence-electron chi connectivity index (χ3n) is 2.78. The van der Waals surface area contributed by atoms with Crippen LogP contribution < -0.4 is 0 Å². The SMILES string of the molecule is O=C(OCCCc1c[nH]c2ccc(Cl)cc12)C(F)(F)F. The highest BCUT2D eigenvalue weighted by atomic mass is 35.5. The fraction of sp³-hybridized carbons (Fsp3) is 0.308. The summed E-state index contributed by atoms with van der Waals surface area (Å²) < 4.78 is 39.9. The Balaban J connectivity index is 1.90. The zero-order valence-corrected chi connectivity index (χ0v) is 11.0. The number of esters is 1. The first-order valence-electron chi connectivity index (χ1n) is 5.87. The van der Waals surface area contributed by atoms with Gasteiger partial charge in [-0.25, -0.2) is 4.79 Å². The molecule has 0 saturated heterocycles. The number of halogens is 4. The lowest BCUT2D eigenvalue weighted by Crippen LogP contribution is -2.25. The normalized spacial score (nSPS) is 11.8. The predicted molar refractivity (Wildman–Crippen MR) is 68.6 cm³/mol. The van der Waals surface area contributed by atoms with Gasteiger partial charge in [-0.1, -0.05) is 11.6 Å². The number of hydrogen-bond acceptors (Lipinski definition) is 2. The number of aryl methyl sites for hydroxylation is 1. The predicted octanol–water partition coefficient (Wildman–Crippen LogP) is 3.86. The monoisotopic (exact) mass is 305 g/mol. The van der Waals surface area contributed by atoms with Crippen molar-refractivity contribution in [1.29, 1.82) is 0 Å². The van der Waals surface area contributed by atoms with Crippen molar-refractivity contribution in [2.24, 2.45) is 0 Å². The molecule has 3 nitrogen and oxygen atoms in total. The summed E-state index contributed by atoms with van der Waals surface area (Å²) >= 11 is 5.89. The molecule has 0 aliphatic heterocycles. The average molecular weight is 306 g/mol. The molecule has 2 aromatic rings. The lowest BCUT2D eigenvalue weighted by molar-refractivity contribution is -0.199. The number of ether oxygens (including phenoxy) is 1. The molecule has 0 spiro atoms. The van der Waals surface area contributed by atoms with Crippen LogP contribution in [0, 0.1) is 0 Å². The molecule has 0 fully saturated rings. The van der Waals surface area contributed by atoms with Crippen molar-refractivity contribution in [2.75, 3.05) is 6.61 Å². The molecular weight excluding hydrogens is 295 g/mol. The van der Waals surface area contributed by atoms with Crippen LogP contribution in [0.4, 0.5) is 13.2 Å². The number of benzene rings is 1. The van der Waals surface area contributed by atoms with E-state index < -0.39 is 12.1 Å². The molecule has 0 unspecified atom stereocenters. The Labute approximate surface area is 117 Å². The Morgan fingerprint density at radius 3 is 2.80 bits per heavy atom. The smallest absolute Gasteiger partial charge is 0.459 e. The molecule has 1 heterocycles. The maximum atomic E-state index is 11.9. The van der Waals surface area contributed by atoms with Crippen molar-refractivity contribution in [2.45, 2.75) is 19.0 Å². The van der Waals surface area contributed by atoms with Gasteiger partial charge < -0.3 is 9.72 Å². The van der Waals surface area contributed by atoms with E-state index in [0.29, 0.717) is 17.9 Å². The summed E-state index contributed by atoms with van der Waals surface area (Å²) in [5.41, 5.74) is 1.82. The van der Waals surface area contributed by atoms with E-state index in [1.54, 1.807) is 18.3 Å². The maximum absolute atomic E-state index is 11.9. The van der Waals surface area contributed by atoms with Gasteiger partial charge in [-0.15, -0.1) is 0 Å². The third kappa shape index (κ3) is 3.45. The van der Waals surface area contributed by atoms with Gasteiger partial charge in [-0.05, 0) is 36.6 Å². The number of H-pyrrole nitrogens is 1. The zero-order valence-electron chi connectivity index (χ0n) is 10.3. The average Bonchev–Trinajstić information content (AvgIpc) is 2.75. The van der Waals surface area contributed by atoms with Crippen LogP contribution in [0.25, 0.3) is 10.9 Å². The minimum absolute atomic E-state index is 0.272. The third-order valence-corrected chi connectivity index (χ3v) is 3.02. The van der Waals surface area contributed by atoms with Gasteiger partial charge in [0.05, 0.1) is 6.61 Å². The van der Waals surface area contributed by atoms with E-state index in [0.717, 1.165) is 16.5 Å². The molecular formula is C13H11ClF3NO2. The summed E-state index contributed by atoms with van der Waals surface area (Å²) in [5, 5.41) is 1.50. The summed E-state index contributed by atoms with van der Waals surface area (Å²) in [4.78, 5) is 13.6. The fourth-order valence-corrected chi connectivity index (χ4v) is 2.04. The molecule has 0 amide bonds. The number of hydrogen-bond donors (Lipinski definition) is 1. The van der Waals surface area contributed by atoms with Gasteiger partial charge in [-0.2, -0.15) is 13.2 Å². The van der Waals surface area contributed by atoms with Crippen molar-refractivity contribution in [3.63, 3.8) is 0 Å². The van der Waals surface area contributed by atoms with Crippen LogP contribution in [0.3, 0.4) is 0 Å². The van der Waals surface area contributed by atoms with Gasteiger partial charge >= 0.3 is 12.1 Å². The van der Waals surface area contributed by atoms with Crippen LogP contribution in [0.2, 0.25) is 5.02 Å². The summed E-state index contributed by atoms with van der Waals surface area (Å²) in [5.74, 6) is -2.15. The molecule has 1 aromatic carbocycles. The minimum atomic E-state index is -4.94. The number of carbonyl (C=O) groups is 1. The van der Waals surface area contributed by atoms with Crippen LogP contribution in [0.15, 0.2) is 24.4 Å². The van der Waals surface area contributed by atoms with Crippen LogP contribution in [-0.2, 0) is 16.0 Å². The molecule has 0 aliphatic rings. The van der Waals surface area contributed by atoms with E-state index in [4.69, 9.17) is 11.6 Å². The van der Waals surface area contributed by atoms with Crippen LogP contribution in [0.5, 0.6) is 0 Å². The number of fused-ring (bicyclic) bond motifs is 1. The van der Waals surface area contributed by atoms with Gasteiger partial charge in [0.15, 0.2) is 0 Å². The van der Waals surface area contributed by atoms with Gasteiger partial charge in [0, 0.05) is 22.1 Å². The molecule has 1 N–H and O–H groups in total. The highest BCUT2D eigenvalue weighted by molar-refractivity contribution is 6.31. The quantitative estimate of drug-likeness (QED) is 0.688. The maximum Gasteiger partial charge on any atom is 0.490 e. The van der Waals surface area contributed by atoms with Crippen LogP contribution in [-0.4, -0.2) is 23.7 Å². The summed E-state index contributed by atoms with van der Waals surface area (Å²) in [7, 11) is 0. The van der Waals surface area contributed by atoms with Crippen molar-refractivity contribution < 1.29 is 22.7 Å². The number of aromatic nitrogens is 1. The second-order valence-electron chi connectivity index (χ2n) is 4.24. The van der Waals surface area contributed by atoms with Crippen molar-refractivity contribution >= 4 is 28.5 Å². The molecule has 20 heavy (non-hydrogen) atoms. The molecule has 2 rings (SSSR count). The van der Waals surface area contributed by atoms with Gasteiger partial charge in [0.25, 0.3) is 0 Å². The molecule has 0 saturated carbocycles. The summed E-state index contributed by atoms with van der Waals surface area (Å²) in [6.45, 7) is -0.272. The van der Waals surface area contributed by atoms with Gasteiger partial charge in [-0.3, -0.25) is 0 Å². The van der Waals surface area contributed by atoms with Crippen LogP contribution >= 0.6 is 11.6 Å². The van der Waals surface area contributed by atoms with Crippen LogP contribution in [0.1, 0.15) is 12.0 Å². The summed E-state index contributed by atoms with van der Waals surface area (Å²) in [6, 6.07) is 5.35. The van der Waals surface area contributed by atoms with E-state index in [1.807, 2.05) is 6.07 Å². The molecule has 0 bridgehead atoms. The lowest BCUT2D eigenvalue weighted by Gasteiger charge is -2.06. The van der Waals surface area contributed by atoms with Crippen molar-refractivity contribution in [1.82, 2.24) is 4.98 Å². The largest absolute Gasteiger partial charge is 0.490 e. The summed E-state index contributed by atoms with van der Waals surface area (Å²) in [6.07, 6.45) is -2.37. The lowest BCUT2D eigenvalue weighted by atomic mass is 10.1. The van der Waals surface area contributed by atoms with Crippen molar-refractivity contribution in [3.8, 4) is 0 Å². The fourth-order valence-electron chi connectivity index (χ4n) is 1.87. The molecule has 0 radical (unpaired) electrons. The van der Waals surface area contributed by atoms with E-state index in [-0.39, 0.29) is 6.61 Å². The molecule has 7 heteroatoms. The standard InChI is InChI=1S/C13H11ClF3NO2/c14-9-3-4-11-10(6-9)8(7-18-11)2-1-5-20-12(19)13(15,16)17/h3-4,6-7,18H,1-2,5H2. The van der Waals surface area contributed by atoms with E-state index >= 15 is 0 Å². The highest BCUT2D eigenvalue weighted by Gasteiger charge is 2.40. The second kappa shape index (κ2) is 5.75. The Kier molecular flexibility index (Phi) is 4.23. The molecule has 0 aliphatic carbocycles. The van der Waals surface area contributed by atoms with E-state index in [9.17, 15) is 18.0 Å². The van der Waals surface area contributed by atoms with Gasteiger partial charge in [0.1, 0.15) is 0 Å². The number of aromatic amines is 1. The Hall–Kier alpha value is -1.69. The second-order valence-corrected chi connectivity index (χ2v) is 4.68. The molecule has 1 aromatic heterocycles. The zero-order chi connectivity index (χ0) is 14.8. The van der Waals surface area contributed by atoms with E-state index in [2.05, 4.69) is 9.72 Å². The first-order valence-corrected chi connectivity index (χ1v) is 6.25. The number of carbonyl (C=O) groups excluding carboxylic acids is 1. The number of rotatable bonds is 4. The molecule has 108 valence electrons. The number of nitrogens with one attached hydrogen (secondary N) is 1. The van der Waals surface area contributed by atoms with Crippen molar-refractivity contribution in [3.05, 3.63) is 35.0 Å². The Bertz CT molecular complexity index is 622. The Morgan fingerprint density at radius 1 is 1.35 bits per heavy atom. The number of alkyl halides is 3. The van der Waals surface area contributed by atoms with E-state index in [1.165, 1.54) is 0 Å². The highest BCUT2D eigenvalue weighted by Crippen LogP contribution is 2.23. The Morgan fingerprint density at radius 2 is 2.10 bits per heavy atom. The minimum Gasteiger partial charge on any atom is -0.459 e. The topological polar surface area (TPSA) is 42.1 Å². The first-order chi connectivity index (χ1) is 9.38. The first kappa shape index (κ1) is 14.7. The molecule has 0 atom stereocenters. The van der Waals surface area contributed by atoms with Gasteiger partial charge in [0.2, 0.25) is 0 Å².